The summed E-state index contributed by atoms with van der Waals surface area (Å²) in [5.74, 6) is -1.19. The van der Waals surface area contributed by atoms with Crippen molar-refractivity contribution in [3.05, 3.63) is 57.3 Å². The fourth-order valence-corrected chi connectivity index (χ4v) is 3.54. The number of thiophene rings is 1. The van der Waals surface area contributed by atoms with E-state index in [4.69, 9.17) is 4.74 Å². The number of amides is 1. The van der Waals surface area contributed by atoms with Crippen molar-refractivity contribution in [3.63, 3.8) is 0 Å². The second kappa shape index (κ2) is 7.61. The van der Waals surface area contributed by atoms with Gasteiger partial charge in [-0.25, -0.2) is 0 Å². The van der Waals surface area contributed by atoms with Gasteiger partial charge in [0, 0.05) is 5.56 Å². The van der Waals surface area contributed by atoms with Crippen LogP contribution in [0.2, 0.25) is 0 Å². The van der Waals surface area contributed by atoms with Crippen LogP contribution >= 0.6 is 11.3 Å². The van der Waals surface area contributed by atoms with Crippen LogP contribution in [0, 0.1) is 0 Å². The third-order valence-corrected chi connectivity index (χ3v) is 5.07. The van der Waals surface area contributed by atoms with Crippen molar-refractivity contribution >= 4 is 29.0 Å². The van der Waals surface area contributed by atoms with Crippen molar-refractivity contribution in [3.8, 4) is 0 Å². The summed E-state index contributed by atoms with van der Waals surface area (Å²) in [7, 11) is 0. The van der Waals surface area contributed by atoms with Gasteiger partial charge >= 0.3 is 5.97 Å². The number of ether oxygens (including phenoxy) is 1. The number of ketones is 1. The van der Waals surface area contributed by atoms with E-state index < -0.39 is 12.1 Å². The lowest BCUT2D eigenvalue weighted by molar-refractivity contribution is -0.145. The highest BCUT2D eigenvalue weighted by molar-refractivity contribution is 7.12. The molecule has 1 aromatic carbocycles. The van der Waals surface area contributed by atoms with Crippen molar-refractivity contribution in [2.24, 2.45) is 0 Å². The maximum absolute atomic E-state index is 12.4. The number of rotatable bonds is 6. The van der Waals surface area contributed by atoms with E-state index in [0.717, 1.165) is 19.3 Å². The lowest BCUT2D eigenvalue weighted by Gasteiger charge is -2.13. The average molecular weight is 357 g/mol. The Morgan fingerprint density at radius 2 is 2.00 bits per heavy atom. The summed E-state index contributed by atoms with van der Waals surface area (Å²) in [5.41, 5.74) is 3.05. The summed E-state index contributed by atoms with van der Waals surface area (Å²) < 4.78 is 5.15. The molecule has 3 rings (SSSR count). The number of aryl methyl sites for hydroxylation is 2. The molecule has 5 nitrogen and oxygen atoms in total. The first kappa shape index (κ1) is 17.4. The van der Waals surface area contributed by atoms with Gasteiger partial charge in [0.2, 0.25) is 5.78 Å². The molecule has 0 saturated heterocycles. The molecule has 0 bridgehead atoms. The topological polar surface area (TPSA) is 72.5 Å². The van der Waals surface area contributed by atoms with Gasteiger partial charge in [-0.05, 0) is 54.8 Å². The summed E-state index contributed by atoms with van der Waals surface area (Å²) in [4.78, 5) is 36.6. The molecule has 0 aliphatic heterocycles. The second-order valence-electron chi connectivity index (χ2n) is 5.99. The fourth-order valence-electron chi connectivity index (χ4n) is 2.90. The van der Waals surface area contributed by atoms with Crippen molar-refractivity contribution in [1.29, 1.82) is 0 Å². The lowest BCUT2D eigenvalue weighted by atomic mass is 10.0. The standard InChI is InChI=1S/C19H19NO4S/c1-12(18(22)15-8-7-13-4-2-5-14(13)10-15)24-17(21)11-20-19(23)16-6-3-9-25-16/h3,6-10,12H,2,4-5,11H2,1H3,(H,20,23)/t12-/m0/s1. The highest BCUT2D eigenvalue weighted by Crippen LogP contribution is 2.23. The molecule has 0 fully saturated rings. The number of carbonyl (C=O) groups is 3. The fraction of sp³-hybridized carbons (Fsp3) is 0.316. The number of hydrogen-bond acceptors (Lipinski definition) is 5. The van der Waals surface area contributed by atoms with Gasteiger partial charge < -0.3 is 10.1 Å². The smallest absolute Gasteiger partial charge is 0.326 e. The molecule has 1 aliphatic carbocycles. The molecule has 0 spiro atoms. The third kappa shape index (κ3) is 4.14. The zero-order chi connectivity index (χ0) is 17.8. The Bertz CT molecular complexity index is 798. The molecular formula is C19H19NO4S. The molecule has 1 aromatic heterocycles. The third-order valence-electron chi connectivity index (χ3n) is 4.20. The lowest BCUT2D eigenvalue weighted by Crippen LogP contribution is -2.33. The van der Waals surface area contributed by atoms with Crippen LogP contribution in [0.3, 0.4) is 0 Å². The number of hydrogen-bond donors (Lipinski definition) is 1. The predicted molar refractivity (Wildman–Crippen MR) is 95.0 cm³/mol. The first-order valence-electron chi connectivity index (χ1n) is 8.22. The maximum atomic E-state index is 12.4. The first-order chi connectivity index (χ1) is 12.0. The molecule has 1 heterocycles. The van der Waals surface area contributed by atoms with Crippen LogP contribution in [0.5, 0.6) is 0 Å². The quantitative estimate of drug-likeness (QED) is 0.637. The van der Waals surface area contributed by atoms with E-state index >= 15 is 0 Å². The molecule has 130 valence electrons. The summed E-state index contributed by atoms with van der Waals surface area (Å²) >= 11 is 1.29. The van der Waals surface area contributed by atoms with Gasteiger partial charge in [-0.3, -0.25) is 14.4 Å². The molecule has 1 amide bonds. The summed E-state index contributed by atoms with van der Waals surface area (Å²) in [6, 6.07) is 9.09. The van der Waals surface area contributed by atoms with Crippen LogP contribution in [0.15, 0.2) is 35.7 Å². The van der Waals surface area contributed by atoms with Crippen molar-refractivity contribution in [1.82, 2.24) is 5.32 Å². The monoisotopic (exact) mass is 357 g/mol. The van der Waals surface area contributed by atoms with Crippen molar-refractivity contribution < 1.29 is 19.1 Å². The SMILES string of the molecule is C[C@H](OC(=O)CNC(=O)c1cccs1)C(=O)c1ccc2c(c1)CCC2. The highest BCUT2D eigenvalue weighted by atomic mass is 32.1. The van der Waals surface area contributed by atoms with Gasteiger partial charge in [-0.15, -0.1) is 11.3 Å². The summed E-state index contributed by atoms with van der Waals surface area (Å²) in [6.45, 7) is 1.28. The van der Waals surface area contributed by atoms with Crippen LogP contribution in [0.1, 0.15) is 44.5 Å². The first-order valence-corrected chi connectivity index (χ1v) is 9.10. The Morgan fingerprint density at radius 1 is 1.20 bits per heavy atom. The number of esters is 1. The van der Waals surface area contributed by atoms with E-state index in [-0.39, 0.29) is 18.2 Å². The van der Waals surface area contributed by atoms with E-state index in [2.05, 4.69) is 5.32 Å². The summed E-state index contributed by atoms with van der Waals surface area (Å²) in [6.07, 6.45) is 2.27. The molecule has 1 atom stereocenters. The van der Waals surface area contributed by atoms with Gasteiger partial charge in [0.15, 0.2) is 6.10 Å². The largest absolute Gasteiger partial charge is 0.453 e. The minimum absolute atomic E-state index is 0.229. The highest BCUT2D eigenvalue weighted by Gasteiger charge is 2.22. The Morgan fingerprint density at radius 3 is 2.76 bits per heavy atom. The molecule has 6 heteroatoms. The van der Waals surface area contributed by atoms with Crippen molar-refractivity contribution in [2.45, 2.75) is 32.3 Å². The molecule has 0 unspecified atom stereocenters. The van der Waals surface area contributed by atoms with Crippen LogP contribution < -0.4 is 5.32 Å². The van der Waals surface area contributed by atoms with E-state index in [9.17, 15) is 14.4 Å². The van der Waals surface area contributed by atoms with Crippen LogP contribution in [0.25, 0.3) is 0 Å². The minimum Gasteiger partial charge on any atom is -0.453 e. The van der Waals surface area contributed by atoms with Gasteiger partial charge in [-0.1, -0.05) is 18.2 Å². The van der Waals surface area contributed by atoms with E-state index in [1.807, 2.05) is 12.1 Å². The Labute approximate surface area is 150 Å². The van der Waals surface area contributed by atoms with Gasteiger partial charge in [0.1, 0.15) is 6.54 Å². The number of fused-ring (bicyclic) bond motifs is 1. The zero-order valence-corrected chi connectivity index (χ0v) is 14.7. The normalized spacial score (nSPS) is 13.8. The van der Waals surface area contributed by atoms with E-state index in [1.165, 1.54) is 22.5 Å². The maximum Gasteiger partial charge on any atom is 0.326 e. The molecule has 0 saturated carbocycles. The number of benzene rings is 1. The number of carbonyl (C=O) groups excluding carboxylic acids is 3. The molecule has 1 aliphatic rings. The molecule has 2 aromatic rings. The van der Waals surface area contributed by atoms with Crippen LogP contribution in [-0.2, 0) is 22.4 Å². The zero-order valence-electron chi connectivity index (χ0n) is 13.9. The van der Waals surface area contributed by atoms with Gasteiger partial charge in [0.25, 0.3) is 5.91 Å². The molecule has 25 heavy (non-hydrogen) atoms. The number of Topliss-reactive ketones (excluding diaryl/α,β-unsaturated/α-hetero) is 1. The molecule has 1 N–H and O–H groups in total. The molecule has 0 radical (unpaired) electrons. The van der Waals surface area contributed by atoms with E-state index in [0.29, 0.717) is 10.4 Å². The predicted octanol–water partition coefficient (Wildman–Crippen LogP) is 2.78. The van der Waals surface area contributed by atoms with E-state index in [1.54, 1.807) is 30.5 Å². The number of nitrogens with one attached hydrogen (secondary N) is 1. The Hall–Kier alpha value is -2.47. The van der Waals surface area contributed by atoms with Crippen molar-refractivity contribution in [2.75, 3.05) is 6.54 Å². The van der Waals surface area contributed by atoms with Gasteiger partial charge in [0.05, 0.1) is 4.88 Å². The Balaban J connectivity index is 1.52. The summed E-state index contributed by atoms with van der Waals surface area (Å²) in [5, 5.41) is 4.27. The van der Waals surface area contributed by atoms with Crippen LogP contribution in [-0.4, -0.2) is 30.3 Å². The molecular weight excluding hydrogens is 338 g/mol. The van der Waals surface area contributed by atoms with Crippen LogP contribution in [0.4, 0.5) is 0 Å². The second-order valence-corrected chi connectivity index (χ2v) is 6.94. The minimum atomic E-state index is -0.884. The Kier molecular flexibility index (Phi) is 5.28. The van der Waals surface area contributed by atoms with Gasteiger partial charge in [-0.2, -0.15) is 0 Å². The average Bonchev–Trinajstić information content (AvgIpc) is 3.29.